The molecule has 2 rings (SSSR count). The third kappa shape index (κ3) is 2.73. The van der Waals surface area contributed by atoms with Crippen LogP contribution in [0.15, 0.2) is 28.8 Å². The molecule has 0 unspecified atom stereocenters. The topological polar surface area (TPSA) is 37.3 Å². The Bertz CT molecular complexity index is 390. The summed E-state index contributed by atoms with van der Waals surface area (Å²) in [5.41, 5.74) is 1.09. The third-order valence-corrected chi connectivity index (χ3v) is 3.91. The smallest absolute Gasteiger partial charge is 0.173 e. The number of aliphatic hydroxyl groups excluding tert-OH is 1. The first-order chi connectivity index (χ1) is 7.77. The lowest BCUT2D eigenvalue weighted by Crippen LogP contribution is -2.03. The molecule has 1 aromatic rings. The highest BCUT2D eigenvalue weighted by atomic mass is 32.1. The molecule has 1 N–H and O–H groups in total. The molecule has 1 aromatic heterocycles. The number of aliphatic hydroxyl groups is 1. The number of hydrogen-bond donors (Lipinski definition) is 1. The van der Waals surface area contributed by atoms with E-state index in [1.807, 2.05) is 17.5 Å². The molecule has 0 saturated heterocycles. The molecular weight excluding hydrogens is 220 g/mol. The molecule has 0 radical (unpaired) electrons. The minimum atomic E-state index is 0.195. The average Bonchev–Trinajstić information content (AvgIpc) is 2.81. The molecule has 3 heteroatoms. The van der Waals surface area contributed by atoms with Gasteiger partial charge in [0.05, 0.1) is 10.6 Å². The number of carbonyl (C=O) groups is 1. The highest BCUT2D eigenvalue weighted by Gasteiger charge is 2.14. The van der Waals surface area contributed by atoms with Gasteiger partial charge in [0.15, 0.2) is 5.78 Å². The van der Waals surface area contributed by atoms with E-state index in [1.54, 1.807) is 0 Å². The maximum atomic E-state index is 11.8. The van der Waals surface area contributed by atoms with Gasteiger partial charge >= 0.3 is 0 Å². The fraction of sp³-hybridized carbons (Fsp3) is 0.462. The SMILES string of the molecule is O=C(CCC1=C(O)CCCC1)c1cccs1. The fourth-order valence-corrected chi connectivity index (χ4v) is 2.74. The zero-order valence-corrected chi connectivity index (χ0v) is 10.1. The van der Waals surface area contributed by atoms with Crippen molar-refractivity contribution in [3.8, 4) is 0 Å². The van der Waals surface area contributed by atoms with E-state index >= 15 is 0 Å². The molecular formula is C13H16O2S. The Balaban J connectivity index is 1.90. The van der Waals surface area contributed by atoms with E-state index in [0.29, 0.717) is 12.2 Å². The molecule has 1 aliphatic rings. The van der Waals surface area contributed by atoms with Crippen molar-refractivity contribution in [1.29, 1.82) is 0 Å². The molecule has 0 bridgehead atoms. The molecule has 0 atom stereocenters. The lowest BCUT2D eigenvalue weighted by atomic mass is 9.93. The van der Waals surface area contributed by atoms with Gasteiger partial charge in [-0.3, -0.25) is 4.79 Å². The second-order valence-corrected chi connectivity index (χ2v) is 5.11. The van der Waals surface area contributed by atoms with Crippen LogP contribution in [0.4, 0.5) is 0 Å². The molecule has 0 amide bonds. The number of Topliss-reactive ketones (excluding diaryl/α,β-unsaturated/α-hetero) is 1. The molecule has 1 aliphatic carbocycles. The van der Waals surface area contributed by atoms with Crippen LogP contribution in [0.3, 0.4) is 0 Å². The minimum Gasteiger partial charge on any atom is -0.512 e. The predicted molar refractivity (Wildman–Crippen MR) is 66.0 cm³/mol. The first-order valence-electron chi connectivity index (χ1n) is 5.74. The monoisotopic (exact) mass is 236 g/mol. The molecule has 1 heterocycles. The summed E-state index contributed by atoms with van der Waals surface area (Å²) in [5, 5.41) is 11.6. The van der Waals surface area contributed by atoms with Crippen molar-refractivity contribution in [2.75, 3.05) is 0 Å². The van der Waals surface area contributed by atoms with E-state index in [-0.39, 0.29) is 5.78 Å². The Hall–Kier alpha value is -1.09. The number of rotatable bonds is 4. The molecule has 0 fully saturated rings. The highest BCUT2D eigenvalue weighted by molar-refractivity contribution is 7.12. The van der Waals surface area contributed by atoms with E-state index in [1.165, 1.54) is 11.3 Å². The lowest BCUT2D eigenvalue weighted by molar-refractivity contribution is 0.0986. The Morgan fingerprint density at radius 1 is 1.38 bits per heavy atom. The van der Waals surface area contributed by atoms with Crippen molar-refractivity contribution in [1.82, 2.24) is 0 Å². The zero-order chi connectivity index (χ0) is 11.4. The van der Waals surface area contributed by atoms with Gasteiger partial charge < -0.3 is 5.11 Å². The molecule has 0 saturated carbocycles. The summed E-state index contributed by atoms with van der Waals surface area (Å²) in [6.07, 6.45) is 5.23. The number of allylic oxidation sites excluding steroid dienone is 2. The molecule has 0 spiro atoms. The summed E-state index contributed by atoms with van der Waals surface area (Å²) in [5.74, 6) is 0.728. The predicted octanol–water partition coefficient (Wildman–Crippen LogP) is 4.10. The first kappa shape index (κ1) is 11.4. The summed E-state index contributed by atoms with van der Waals surface area (Å²) < 4.78 is 0. The van der Waals surface area contributed by atoms with Gasteiger partial charge in [-0.1, -0.05) is 6.07 Å². The first-order valence-corrected chi connectivity index (χ1v) is 6.62. The number of thiophene rings is 1. The number of carbonyl (C=O) groups excluding carboxylic acids is 1. The molecule has 16 heavy (non-hydrogen) atoms. The number of hydrogen-bond acceptors (Lipinski definition) is 3. The van der Waals surface area contributed by atoms with Crippen LogP contribution >= 0.6 is 11.3 Å². The molecule has 0 aromatic carbocycles. The largest absolute Gasteiger partial charge is 0.512 e. The van der Waals surface area contributed by atoms with Gasteiger partial charge in [-0.2, -0.15) is 0 Å². The molecule has 86 valence electrons. The van der Waals surface area contributed by atoms with Crippen molar-refractivity contribution in [3.05, 3.63) is 33.7 Å². The van der Waals surface area contributed by atoms with Crippen LogP contribution < -0.4 is 0 Å². The minimum absolute atomic E-state index is 0.195. The van der Waals surface area contributed by atoms with Crippen LogP contribution in [0.25, 0.3) is 0 Å². The van der Waals surface area contributed by atoms with Crippen molar-refractivity contribution >= 4 is 17.1 Å². The van der Waals surface area contributed by atoms with Gasteiger partial charge in [-0.15, -0.1) is 11.3 Å². The van der Waals surface area contributed by atoms with Gasteiger partial charge in [-0.25, -0.2) is 0 Å². The summed E-state index contributed by atoms with van der Waals surface area (Å²) >= 11 is 1.49. The van der Waals surface area contributed by atoms with Crippen LogP contribution in [0.1, 0.15) is 48.2 Å². The summed E-state index contributed by atoms with van der Waals surface area (Å²) in [6.45, 7) is 0. The van der Waals surface area contributed by atoms with E-state index in [2.05, 4.69) is 0 Å². The Morgan fingerprint density at radius 2 is 2.19 bits per heavy atom. The van der Waals surface area contributed by atoms with Crippen LogP contribution in [-0.4, -0.2) is 10.9 Å². The Kier molecular flexibility index (Phi) is 3.78. The molecule has 2 nitrogen and oxygen atoms in total. The van der Waals surface area contributed by atoms with Crippen LogP contribution in [0.5, 0.6) is 0 Å². The van der Waals surface area contributed by atoms with Gasteiger partial charge in [-0.05, 0) is 42.7 Å². The van der Waals surface area contributed by atoms with Gasteiger partial charge in [0.25, 0.3) is 0 Å². The normalized spacial score (nSPS) is 16.5. The quantitative estimate of drug-likeness (QED) is 0.799. The van der Waals surface area contributed by atoms with Crippen LogP contribution in [0.2, 0.25) is 0 Å². The second kappa shape index (κ2) is 5.30. The number of ketones is 1. The molecule has 0 aliphatic heterocycles. The van der Waals surface area contributed by atoms with Crippen LogP contribution in [0, 0.1) is 0 Å². The third-order valence-electron chi connectivity index (χ3n) is 3.00. The average molecular weight is 236 g/mol. The van der Waals surface area contributed by atoms with Gasteiger partial charge in [0, 0.05) is 12.8 Å². The van der Waals surface area contributed by atoms with E-state index < -0.39 is 0 Å². The van der Waals surface area contributed by atoms with Crippen molar-refractivity contribution in [2.24, 2.45) is 0 Å². The maximum Gasteiger partial charge on any atom is 0.173 e. The Morgan fingerprint density at radius 3 is 2.88 bits per heavy atom. The summed E-state index contributed by atoms with van der Waals surface area (Å²) in [6, 6.07) is 3.76. The van der Waals surface area contributed by atoms with E-state index in [9.17, 15) is 9.90 Å². The van der Waals surface area contributed by atoms with Gasteiger partial charge in [0.1, 0.15) is 0 Å². The standard InChI is InChI=1S/C13H16O2S/c14-11-5-2-1-4-10(11)7-8-12(15)13-6-3-9-16-13/h3,6,9,14H,1-2,4-5,7-8H2. The lowest BCUT2D eigenvalue weighted by Gasteiger charge is -2.15. The zero-order valence-electron chi connectivity index (χ0n) is 9.24. The van der Waals surface area contributed by atoms with Crippen LogP contribution in [-0.2, 0) is 0 Å². The van der Waals surface area contributed by atoms with Gasteiger partial charge in [0.2, 0.25) is 0 Å². The maximum absolute atomic E-state index is 11.8. The van der Waals surface area contributed by atoms with Crippen molar-refractivity contribution < 1.29 is 9.90 Å². The summed E-state index contributed by atoms with van der Waals surface area (Å²) in [7, 11) is 0. The Labute approximate surface area is 99.6 Å². The van der Waals surface area contributed by atoms with Crippen molar-refractivity contribution in [2.45, 2.75) is 38.5 Å². The van der Waals surface area contributed by atoms with E-state index in [0.717, 1.165) is 42.6 Å². The van der Waals surface area contributed by atoms with Crippen molar-refractivity contribution in [3.63, 3.8) is 0 Å². The second-order valence-electron chi connectivity index (χ2n) is 4.16. The summed E-state index contributed by atoms with van der Waals surface area (Å²) in [4.78, 5) is 12.6. The highest BCUT2D eigenvalue weighted by Crippen LogP contribution is 2.27. The van der Waals surface area contributed by atoms with E-state index in [4.69, 9.17) is 0 Å². The fourth-order valence-electron chi connectivity index (χ4n) is 2.05.